The van der Waals surface area contributed by atoms with Crippen LogP contribution in [0.4, 0.5) is 0 Å². The second-order valence-electron chi connectivity index (χ2n) is 2.64. The molecule has 0 saturated carbocycles. The van der Waals surface area contributed by atoms with Crippen molar-refractivity contribution in [3.8, 4) is 0 Å². The van der Waals surface area contributed by atoms with E-state index < -0.39 is 0 Å². The topological polar surface area (TPSA) is 32.9 Å². The number of benzene rings is 1. The Bertz CT molecular complexity index is 520. The van der Waals surface area contributed by atoms with Gasteiger partial charge in [-0.05, 0) is 18.2 Å². The van der Waals surface area contributed by atoms with E-state index in [9.17, 15) is 4.79 Å². The molecule has 0 bridgehead atoms. The van der Waals surface area contributed by atoms with Crippen LogP contribution in [0, 0.1) is 0 Å². The number of fused-ring (bicyclic) bond motifs is 1. The fourth-order valence-electron chi connectivity index (χ4n) is 1.18. The molecule has 2 nitrogen and oxygen atoms in total. The van der Waals surface area contributed by atoms with E-state index in [4.69, 9.17) is 11.6 Å². The van der Waals surface area contributed by atoms with Crippen LogP contribution in [0.15, 0.2) is 33.5 Å². The second-order valence-corrected chi connectivity index (χ2v) is 3.90. The summed E-state index contributed by atoms with van der Waals surface area (Å²) in [5, 5.41) is 1.46. The predicted molar refractivity (Wildman–Crippen MR) is 57.3 cm³/mol. The molecule has 1 N–H and O–H groups in total. The summed E-state index contributed by atoms with van der Waals surface area (Å²) in [5.74, 6) is 0. The summed E-state index contributed by atoms with van der Waals surface area (Å²) < 4.78 is 0.920. The van der Waals surface area contributed by atoms with Crippen molar-refractivity contribution in [2.45, 2.75) is 0 Å². The number of pyridine rings is 1. The smallest absolute Gasteiger partial charge is 0.248 e. The van der Waals surface area contributed by atoms with E-state index in [-0.39, 0.29) is 5.56 Å². The highest BCUT2D eigenvalue weighted by Gasteiger charge is 2.02. The van der Waals surface area contributed by atoms with Gasteiger partial charge in [0, 0.05) is 15.9 Å². The van der Waals surface area contributed by atoms with Gasteiger partial charge in [0.05, 0.1) is 10.5 Å². The molecule has 0 amide bonds. The summed E-state index contributed by atoms with van der Waals surface area (Å²) >= 11 is 9.28. The molecule has 0 spiro atoms. The van der Waals surface area contributed by atoms with E-state index in [1.54, 1.807) is 12.1 Å². The molecular formula is C9H5BrClNO. The van der Waals surface area contributed by atoms with Crippen molar-refractivity contribution in [3.63, 3.8) is 0 Å². The van der Waals surface area contributed by atoms with Gasteiger partial charge in [0.2, 0.25) is 5.56 Å². The van der Waals surface area contributed by atoms with Gasteiger partial charge < -0.3 is 4.98 Å². The molecular weight excluding hydrogens is 253 g/mol. The summed E-state index contributed by atoms with van der Waals surface area (Å²) in [6.45, 7) is 0. The van der Waals surface area contributed by atoms with Crippen LogP contribution in [0.5, 0.6) is 0 Å². The fourth-order valence-corrected chi connectivity index (χ4v) is 1.86. The van der Waals surface area contributed by atoms with Gasteiger partial charge in [-0.2, -0.15) is 0 Å². The van der Waals surface area contributed by atoms with Gasteiger partial charge in [0.25, 0.3) is 0 Å². The molecule has 13 heavy (non-hydrogen) atoms. The third kappa shape index (κ3) is 1.49. The van der Waals surface area contributed by atoms with Crippen molar-refractivity contribution in [1.82, 2.24) is 4.98 Å². The lowest BCUT2D eigenvalue weighted by atomic mass is 10.2. The minimum atomic E-state index is -0.146. The SMILES string of the molecule is O=c1ccc2c(Br)ccc(Cl)c2[nH]1. The highest BCUT2D eigenvalue weighted by atomic mass is 79.9. The number of aromatic amines is 1. The van der Waals surface area contributed by atoms with E-state index in [1.807, 2.05) is 6.07 Å². The number of nitrogens with one attached hydrogen (secondary N) is 1. The molecule has 4 heteroatoms. The molecule has 1 aromatic heterocycles. The Kier molecular flexibility index (Phi) is 2.14. The van der Waals surface area contributed by atoms with Crippen molar-refractivity contribution >= 4 is 38.4 Å². The maximum absolute atomic E-state index is 11.0. The standard InChI is InChI=1S/C9H5BrClNO/c10-6-2-3-7(11)9-5(6)1-4-8(13)12-9/h1-4H,(H,12,13). The first-order valence-corrected chi connectivity index (χ1v) is 4.82. The second kappa shape index (κ2) is 3.16. The highest BCUT2D eigenvalue weighted by molar-refractivity contribution is 9.10. The monoisotopic (exact) mass is 257 g/mol. The number of H-pyrrole nitrogens is 1. The Hall–Kier alpha value is -0.800. The number of rotatable bonds is 0. The maximum atomic E-state index is 11.0. The zero-order valence-electron chi connectivity index (χ0n) is 6.47. The van der Waals surface area contributed by atoms with Gasteiger partial charge in [0.1, 0.15) is 0 Å². The first-order valence-electron chi connectivity index (χ1n) is 3.65. The Labute approximate surface area is 87.7 Å². The molecule has 2 aromatic rings. The maximum Gasteiger partial charge on any atom is 0.248 e. The molecule has 0 aliphatic heterocycles. The quantitative estimate of drug-likeness (QED) is 0.774. The van der Waals surface area contributed by atoms with Crippen LogP contribution in [-0.2, 0) is 0 Å². The zero-order valence-corrected chi connectivity index (χ0v) is 8.82. The van der Waals surface area contributed by atoms with Crippen molar-refractivity contribution in [2.24, 2.45) is 0 Å². The molecule has 1 heterocycles. The number of hydrogen-bond donors (Lipinski definition) is 1. The van der Waals surface area contributed by atoms with Crippen molar-refractivity contribution < 1.29 is 0 Å². The van der Waals surface area contributed by atoms with E-state index in [0.717, 1.165) is 9.86 Å². The van der Waals surface area contributed by atoms with Gasteiger partial charge in [-0.1, -0.05) is 27.5 Å². The summed E-state index contributed by atoms with van der Waals surface area (Å²) in [6, 6.07) is 6.81. The number of hydrogen-bond acceptors (Lipinski definition) is 1. The Morgan fingerprint density at radius 1 is 1.23 bits per heavy atom. The highest BCUT2D eigenvalue weighted by Crippen LogP contribution is 2.26. The lowest BCUT2D eigenvalue weighted by Gasteiger charge is -2.01. The van der Waals surface area contributed by atoms with Gasteiger partial charge in [-0.15, -0.1) is 0 Å². The predicted octanol–water partition coefficient (Wildman–Crippen LogP) is 2.94. The Balaban J connectivity index is 3.00. The van der Waals surface area contributed by atoms with Gasteiger partial charge >= 0.3 is 0 Å². The van der Waals surface area contributed by atoms with Gasteiger partial charge in [-0.25, -0.2) is 0 Å². The van der Waals surface area contributed by atoms with Crippen LogP contribution in [0.1, 0.15) is 0 Å². The Morgan fingerprint density at radius 2 is 2.00 bits per heavy atom. The van der Waals surface area contributed by atoms with Crippen molar-refractivity contribution in [1.29, 1.82) is 0 Å². The van der Waals surface area contributed by atoms with Crippen molar-refractivity contribution in [2.75, 3.05) is 0 Å². The van der Waals surface area contributed by atoms with Crippen LogP contribution in [0.3, 0.4) is 0 Å². The molecule has 0 saturated heterocycles. The molecule has 0 fully saturated rings. The molecule has 1 aromatic carbocycles. The zero-order chi connectivity index (χ0) is 9.42. The van der Waals surface area contributed by atoms with E-state index in [0.29, 0.717) is 10.5 Å². The van der Waals surface area contributed by atoms with E-state index in [1.165, 1.54) is 6.07 Å². The van der Waals surface area contributed by atoms with Gasteiger partial charge in [-0.3, -0.25) is 4.79 Å². The number of aromatic nitrogens is 1. The van der Waals surface area contributed by atoms with Crippen molar-refractivity contribution in [3.05, 3.63) is 44.1 Å². The summed E-state index contributed by atoms with van der Waals surface area (Å²) in [5.41, 5.74) is 0.524. The summed E-state index contributed by atoms with van der Waals surface area (Å²) in [4.78, 5) is 13.7. The average molecular weight is 259 g/mol. The molecule has 0 radical (unpaired) electrons. The van der Waals surface area contributed by atoms with Crippen LogP contribution in [0.25, 0.3) is 10.9 Å². The van der Waals surface area contributed by atoms with Crippen LogP contribution >= 0.6 is 27.5 Å². The average Bonchev–Trinajstić information content (AvgIpc) is 2.12. The molecule has 2 rings (SSSR count). The van der Waals surface area contributed by atoms with Crippen LogP contribution in [-0.4, -0.2) is 4.98 Å². The lowest BCUT2D eigenvalue weighted by molar-refractivity contribution is 1.30. The Morgan fingerprint density at radius 3 is 2.77 bits per heavy atom. The normalized spacial score (nSPS) is 10.6. The summed E-state index contributed by atoms with van der Waals surface area (Å²) in [7, 11) is 0. The number of halogens is 2. The third-order valence-electron chi connectivity index (χ3n) is 1.79. The lowest BCUT2D eigenvalue weighted by Crippen LogP contribution is -2.02. The first-order chi connectivity index (χ1) is 6.18. The first kappa shape index (κ1) is 8.78. The molecule has 0 aliphatic rings. The van der Waals surface area contributed by atoms with Gasteiger partial charge in [0.15, 0.2) is 0 Å². The third-order valence-corrected chi connectivity index (χ3v) is 2.80. The minimum absolute atomic E-state index is 0.146. The molecule has 0 atom stereocenters. The minimum Gasteiger partial charge on any atom is -0.321 e. The van der Waals surface area contributed by atoms with Crippen LogP contribution < -0.4 is 5.56 Å². The van der Waals surface area contributed by atoms with Crippen LogP contribution in [0.2, 0.25) is 5.02 Å². The molecule has 0 aliphatic carbocycles. The molecule has 66 valence electrons. The van der Waals surface area contributed by atoms with E-state index in [2.05, 4.69) is 20.9 Å². The molecule has 0 unspecified atom stereocenters. The largest absolute Gasteiger partial charge is 0.321 e. The summed E-state index contributed by atoms with van der Waals surface area (Å²) in [6.07, 6.45) is 0. The fraction of sp³-hybridized carbons (Fsp3) is 0. The van der Waals surface area contributed by atoms with E-state index >= 15 is 0 Å².